The van der Waals surface area contributed by atoms with Crippen LogP contribution in [0.25, 0.3) is 0 Å². The van der Waals surface area contributed by atoms with E-state index in [1.54, 1.807) is 0 Å². The van der Waals surface area contributed by atoms with Crippen molar-refractivity contribution in [2.45, 2.75) is 37.8 Å². The second-order valence-corrected chi connectivity index (χ2v) is 6.04. The van der Waals surface area contributed by atoms with Gasteiger partial charge in [-0.3, -0.25) is 0 Å². The maximum absolute atomic E-state index is 5.94. The van der Waals surface area contributed by atoms with Crippen LogP contribution in [-0.2, 0) is 11.2 Å². The summed E-state index contributed by atoms with van der Waals surface area (Å²) in [6, 6.07) is 6.59. The number of fused-ring (bicyclic) bond motifs is 1. The Morgan fingerprint density at radius 3 is 3.05 bits per heavy atom. The van der Waals surface area contributed by atoms with E-state index >= 15 is 0 Å². The molecule has 1 aromatic rings. The summed E-state index contributed by atoms with van der Waals surface area (Å²) in [5, 5.41) is 3.57. The zero-order valence-electron chi connectivity index (χ0n) is 12.2. The Morgan fingerprint density at radius 1 is 1.40 bits per heavy atom. The van der Waals surface area contributed by atoms with Crippen LogP contribution in [0, 0.1) is 0 Å². The molecule has 2 atom stereocenters. The molecular formula is C16H24N2O2. The maximum Gasteiger partial charge on any atom is 0.122 e. The molecule has 2 unspecified atom stereocenters. The lowest BCUT2D eigenvalue weighted by atomic mass is 9.99. The van der Waals surface area contributed by atoms with Crippen LogP contribution in [-0.4, -0.2) is 31.9 Å². The number of benzene rings is 1. The van der Waals surface area contributed by atoms with Gasteiger partial charge in [-0.2, -0.15) is 0 Å². The topological polar surface area (TPSA) is 56.5 Å². The fraction of sp³-hybridized carbons (Fsp3) is 0.625. The molecule has 20 heavy (non-hydrogen) atoms. The molecule has 0 amide bonds. The second kappa shape index (κ2) is 5.72. The molecular weight excluding hydrogens is 252 g/mol. The van der Waals surface area contributed by atoms with Gasteiger partial charge in [-0.05, 0) is 37.0 Å². The van der Waals surface area contributed by atoms with Crippen molar-refractivity contribution in [2.24, 2.45) is 5.73 Å². The molecule has 0 saturated carbocycles. The molecule has 2 aliphatic heterocycles. The summed E-state index contributed by atoms with van der Waals surface area (Å²) >= 11 is 0. The van der Waals surface area contributed by atoms with E-state index in [4.69, 9.17) is 15.2 Å². The zero-order chi connectivity index (χ0) is 14.0. The lowest BCUT2D eigenvalue weighted by molar-refractivity contribution is 0.0189. The fourth-order valence-corrected chi connectivity index (χ4v) is 3.08. The molecule has 0 spiro atoms. The van der Waals surface area contributed by atoms with E-state index in [-0.39, 0.29) is 11.6 Å². The third kappa shape index (κ3) is 2.82. The van der Waals surface area contributed by atoms with Crippen LogP contribution in [0.3, 0.4) is 0 Å². The van der Waals surface area contributed by atoms with Crippen molar-refractivity contribution in [2.75, 3.05) is 26.3 Å². The first-order chi connectivity index (χ1) is 9.70. The normalized spacial score (nSPS) is 26.3. The Bertz CT molecular complexity index is 470. The Balaban J connectivity index is 1.67. The fourth-order valence-electron chi connectivity index (χ4n) is 3.08. The summed E-state index contributed by atoms with van der Waals surface area (Å²) in [6.45, 7) is 5.29. The van der Waals surface area contributed by atoms with Gasteiger partial charge in [0.25, 0.3) is 0 Å². The van der Waals surface area contributed by atoms with Gasteiger partial charge in [0.1, 0.15) is 5.75 Å². The number of nitrogens with two attached hydrogens (primary N) is 1. The summed E-state index contributed by atoms with van der Waals surface area (Å²) in [5.74, 6) is 1.02. The molecule has 4 nitrogen and oxygen atoms in total. The van der Waals surface area contributed by atoms with Gasteiger partial charge < -0.3 is 20.5 Å². The number of ether oxygens (including phenoxy) is 2. The number of hydrogen-bond donors (Lipinski definition) is 2. The van der Waals surface area contributed by atoms with Crippen LogP contribution in [0.4, 0.5) is 0 Å². The minimum atomic E-state index is -0.0345. The first-order valence-electron chi connectivity index (χ1n) is 7.53. The highest BCUT2D eigenvalue weighted by molar-refractivity contribution is 5.40. The van der Waals surface area contributed by atoms with Crippen LogP contribution < -0.4 is 15.8 Å². The van der Waals surface area contributed by atoms with Crippen molar-refractivity contribution in [1.82, 2.24) is 5.32 Å². The van der Waals surface area contributed by atoms with Gasteiger partial charge >= 0.3 is 0 Å². The van der Waals surface area contributed by atoms with Crippen LogP contribution >= 0.6 is 0 Å². The van der Waals surface area contributed by atoms with E-state index in [0.29, 0.717) is 6.54 Å². The zero-order valence-corrected chi connectivity index (χ0v) is 12.2. The Kier molecular flexibility index (Phi) is 3.96. The average molecular weight is 276 g/mol. The lowest BCUT2D eigenvalue weighted by Crippen LogP contribution is -2.41. The monoisotopic (exact) mass is 276 g/mol. The molecule has 1 aromatic carbocycles. The van der Waals surface area contributed by atoms with Crippen LogP contribution in [0.5, 0.6) is 5.75 Å². The van der Waals surface area contributed by atoms with Crippen molar-refractivity contribution in [3.05, 3.63) is 29.3 Å². The predicted octanol–water partition coefficient (Wildman–Crippen LogP) is 1.78. The van der Waals surface area contributed by atoms with Gasteiger partial charge in [0.05, 0.1) is 12.2 Å². The lowest BCUT2D eigenvalue weighted by Gasteiger charge is -2.27. The van der Waals surface area contributed by atoms with E-state index in [2.05, 4.69) is 30.4 Å². The van der Waals surface area contributed by atoms with Crippen molar-refractivity contribution in [3.8, 4) is 5.75 Å². The van der Waals surface area contributed by atoms with E-state index in [1.807, 2.05) is 0 Å². The van der Waals surface area contributed by atoms with E-state index in [0.717, 1.165) is 44.8 Å². The quantitative estimate of drug-likeness (QED) is 0.861. The molecule has 0 aromatic heterocycles. The molecule has 1 saturated heterocycles. The molecule has 1 fully saturated rings. The summed E-state index contributed by atoms with van der Waals surface area (Å²) in [7, 11) is 0. The maximum atomic E-state index is 5.94. The van der Waals surface area contributed by atoms with Crippen LogP contribution in [0.15, 0.2) is 18.2 Å². The van der Waals surface area contributed by atoms with E-state index < -0.39 is 0 Å². The molecule has 4 heteroatoms. The van der Waals surface area contributed by atoms with Crippen LogP contribution in [0.1, 0.15) is 36.9 Å². The molecule has 0 aliphatic carbocycles. The van der Waals surface area contributed by atoms with Crippen molar-refractivity contribution in [1.29, 1.82) is 0 Å². The van der Waals surface area contributed by atoms with Crippen molar-refractivity contribution < 1.29 is 9.47 Å². The Labute approximate surface area is 120 Å². The summed E-state index contributed by atoms with van der Waals surface area (Å²) in [5.41, 5.74) is 8.45. The molecule has 3 rings (SSSR count). The van der Waals surface area contributed by atoms with Gasteiger partial charge in [0, 0.05) is 32.2 Å². The first-order valence-corrected chi connectivity index (χ1v) is 7.53. The third-order valence-corrected chi connectivity index (χ3v) is 4.37. The van der Waals surface area contributed by atoms with Crippen molar-refractivity contribution in [3.63, 3.8) is 0 Å². The third-order valence-electron chi connectivity index (χ3n) is 4.37. The van der Waals surface area contributed by atoms with E-state index in [1.165, 1.54) is 11.1 Å². The molecule has 0 radical (unpaired) electrons. The second-order valence-electron chi connectivity index (χ2n) is 6.04. The largest absolute Gasteiger partial charge is 0.493 e. The summed E-state index contributed by atoms with van der Waals surface area (Å²) in [4.78, 5) is 0. The van der Waals surface area contributed by atoms with Gasteiger partial charge in [0.15, 0.2) is 0 Å². The molecule has 110 valence electrons. The van der Waals surface area contributed by atoms with Crippen LogP contribution in [0.2, 0.25) is 0 Å². The predicted molar refractivity (Wildman–Crippen MR) is 79.0 cm³/mol. The van der Waals surface area contributed by atoms with Crippen molar-refractivity contribution >= 4 is 0 Å². The molecule has 3 N–H and O–H groups in total. The highest BCUT2D eigenvalue weighted by atomic mass is 16.5. The smallest absolute Gasteiger partial charge is 0.122 e. The highest BCUT2D eigenvalue weighted by Gasteiger charge is 2.30. The number of rotatable bonds is 5. The summed E-state index contributed by atoms with van der Waals surface area (Å²) in [6.07, 6.45) is 3.28. The molecule has 2 heterocycles. The van der Waals surface area contributed by atoms with Gasteiger partial charge in [-0.15, -0.1) is 0 Å². The summed E-state index contributed by atoms with van der Waals surface area (Å²) < 4.78 is 11.4. The molecule has 0 bridgehead atoms. The Hall–Kier alpha value is -1.10. The minimum Gasteiger partial charge on any atom is -0.493 e. The minimum absolute atomic E-state index is 0.0345. The SMILES string of the molecule is CC1(CNC(CN)c2ccc3c(c2)CCO3)CCCO1. The average Bonchev–Trinajstić information content (AvgIpc) is 3.08. The van der Waals surface area contributed by atoms with Gasteiger partial charge in [0.2, 0.25) is 0 Å². The highest BCUT2D eigenvalue weighted by Crippen LogP contribution is 2.29. The first kappa shape index (κ1) is 13.9. The van der Waals surface area contributed by atoms with Gasteiger partial charge in [-0.1, -0.05) is 12.1 Å². The molecule has 2 aliphatic rings. The van der Waals surface area contributed by atoms with E-state index in [9.17, 15) is 0 Å². The number of hydrogen-bond acceptors (Lipinski definition) is 4. The Morgan fingerprint density at radius 2 is 2.30 bits per heavy atom. The van der Waals surface area contributed by atoms with Gasteiger partial charge in [-0.25, -0.2) is 0 Å². The number of nitrogens with one attached hydrogen (secondary N) is 1. The standard InChI is InChI=1S/C16H24N2O2/c1-16(6-2-7-20-16)11-18-14(10-17)12-3-4-15-13(9-12)5-8-19-15/h3-4,9,14,18H,2,5-8,10-11,17H2,1H3.